The second-order valence-electron chi connectivity index (χ2n) is 6.59. The van der Waals surface area contributed by atoms with Gasteiger partial charge in [-0.3, -0.25) is 9.59 Å². The molecule has 0 saturated carbocycles. The summed E-state index contributed by atoms with van der Waals surface area (Å²) in [6, 6.07) is 5.04. The molecule has 1 unspecified atom stereocenters. The number of piperidine rings is 1. The molecule has 0 aliphatic carbocycles. The van der Waals surface area contributed by atoms with Gasteiger partial charge >= 0.3 is 0 Å². The van der Waals surface area contributed by atoms with Gasteiger partial charge in [0.25, 0.3) is 5.56 Å². The van der Waals surface area contributed by atoms with E-state index in [1.165, 1.54) is 4.68 Å². The number of hydrogen-bond acceptors (Lipinski definition) is 5. The average Bonchev–Trinajstić information content (AvgIpc) is 2.63. The van der Waals surface area contributed by atoms with E-state index in [4.69, 9.17) is 5.73 Å². The van der Waals surface area contributed by atoms with Gasteiger partial charge in [0.15, 0.2) is 0 Å². The van der Waals surface area contributed by atoms with Gasteiger partial charge in [0.2, 0.25) is 5.91 Å². The summed E-state index contributed by atoms with van der Waals surface area (Å²) in [5, 5.41) is 11.6. The number of nitrogens with two attached hydrogens (primary N) is 1. The summed E-state index contributed by atoms with van der Waals surface area (Å²) in [6.07, 6.45) is 5.84. The normalized spacial score (nSPS) is 17.3. The van der Waals surface area contributed by atoms with E-state index in [0.29, 0.717) is 30.5 Å². The smallest absolute Gasteiger partial charge is 0.277 e. The molecular weight excluding hydrogens is 330 g/mol. The Labute approximate surface area is 152 Å². The highest BCUT2D eigenvalue weighted by Crippen LogP contribution is 2.23. The molecule has 1 atom stereocenters. The number of amides is 1. The Bertz CT molecular complexity index is 874. The van der Waals surface area contributed by atoms with Crippen LogP contribution in [0.25, 0.3) is 10.8 Å². The molecule has 26 heavy (non-hydrogen) atoms. The first-order valence-electron chi connectivity index (χ1n) is 9.05. The molecule has 1 aromatic carbocycles. The number of allylic oxidation sites excluding steroid dienone is 1. The quantitative estimate of drug-likeness (QED) is 0.659. The van der Waals surface area contributed by atoms with Gasteiger partial charge in [-0.25, -0.2) is 4.68 Å². The Balaban J connectivity index is 1.89. The molecule has 1 fully saturated rings. The van der Waals surface area contributed by atoms with Crippen LogP contribution in [0, 0.1) is 0 Å². The van der Waals surface area contributed by atoms with Crippen LogP contribution in [0.4, 0.5) is 5.69 Å². The second-order valence-corrected chi connectivity index (χ2v) is 6.59. The topological polar surface area (TPSA) is 102 Å². The minimum atomic E-state index is -0.602. The molecule has 138 valence electrons. The predicted molar refractivity (Wildman–Crippen MR) is 103 cm³/mol. The molecule has 0 radical (unpaired) electrons. The van der Waals surface area contributed by atoms with Gasteiger partial charge in [0.1, 0.15) is 6.04 Å². The Morgan fingerprint density at radius 1 is 1.31 bits per heavy atom. The molecular formula is C19H25N5O2. The summed E-state index contributed by atoms with van der Waals surface area (Å²) in [6.45, 7) is 5.24. The first-order chi connectivity index (χ1) is 12.6. The van der Waals surface area contributed by atoms with Crippen LogP contribution in [0.15, 0.2) is 41.5 Å². The van der Waals surface area contributed by atoms with Crippen molar-refractivity contribution in [1.82, 2.24) is 15.1 Å². The van der Waals surface area contributed by atoms with Crippen LogP contribution in [0.5, 0.6) is 0 Å². The van der Waals surface area contributed by atoms with Gasteiger partial charge in [-0.05, 0) is 38.3 Å². The fourth-order valence-electron chi connectivity index (χ4n) is 3.24. The van der Waals surface area contributed by atoms with Crippen LogP contribution < -0.4 is 21.9 Å². The SMILES string of the molecule is C=C1CCC(n2ncc3cccc(NCCCCCN)c3c2=O)C(=O)N1. The number of fused-ring (bicyclic) bond motifs is 1. The highest BCUT2D eigenvalue weighted by atomic mass is 16.2. The molecule has 1 aliphatic heterocycles. The zero-order valence-electron chi connectivity index (χ0n) is 14.8. The number of unbranched alkanes of at least 4 members (excludes halogenated alkanes) is 2. The van der Waals surface area contributed by atoms with Gasteiger partial charge in [-0.2, -0.15) is 5.10 Å². The van der Waals surface area contributed by atoms with Crippen molar-refractivity contribution >= 4 is 22.4 Å². The lowest BCUT2D eigenvalue weighted by molar-refractivity contribution is -0.125. The zero-order valence-corrected chi connectivity index (χ0v) is 14.8. The summed E-state index contributed by atoms with van der Waals surface area (Å²) in [7, 11) is 0. The van der Waals surface area contributed by atoms with E-state index in [-0.39, 0.29) is 11.5 Å². The molecule has 3 rings (SSSR count). The van der Waals surface area contributed by atoms with Gasteiger partial charge < -0.3 is 16.4 Å². The number of hydrogen-bond donors (Lipinski definition) is 3. The predicted octanol–water partition coefficient (Wildman–Crippen LogP) is 1.90. The van der Waals surface area contributed by atoms with Crippen LogP contribution in [-0.2, 0) is 4.79 Å². The zero-order chi connectivity index (χ0) is 18.5. The molecule has 2 aromatic rings. The molecule has 1 amide bonds. The van der Waals surface area contributed by atoms with Crippen molar-refractivity contribution in [2.45, 2.75) is 38.1 Å². The number of anilines is 1. The molecule has 0 spiro atoms. The number of nitrogens with zero attached hydrogens (tertiary/aromatic N) is 2. The van der Waals surface area contributed by atoms with Gasteiger partial charge in [0.05, 0.1) is 11.6 Å². The first-order valence-corrected chi connectivity index (χ1v) is 9.05. The molecule has 1 saturated heterocycles. The Kier molecular flexibility index (Phi) is 5.68. The van der Waals surface area contributed by atoms with Crippen LogP contribution in [0.3, 0.4) is 0 Å². The van der Waals surface area contributed by atoms with Crippen molar-refractivity contribution in [2.75, 3.05) is 18.4 Å². The molecule has 0 bridgehead atoms. The number of carbonyl (C=O) groups is 1. The second kappa shape index (κ2) is 8.14. The Morgan fingerprint density at radius 2 is 2.15 bits per heavy atom. The highest BCUT2D eigenvalue weighted by Gasteiger charge is 2.28. The molecule has 7 nitrogen and oxygen atoms in total. The van der Waals surface area contributed by atoms with E-state index >= 15 is 0 Å². The Hall–Kier alpha value is -2.67. The molecule has 1 aliphatic rings. The molecule has 4 N–H and O–H groups in total. The maximum absolute atomic E-state index is 13.1. The maximum Gasteiger partial charge on any atom is 0.277 e. The van der Waals surface area contributed by atoms with E-state index in [1.807, 2.05) is 18.2 Å². The van der Waals surface area contributed by atoms with E-state index in [2.05, 4.69) is 22.3 Å². The van der Waals surface area contributed by atoms with Crippen LogP contribution >= 0.6 is 0 Å². The van der Waals surface area contributed by atoms with E-state index in [1.54, 1.807) is 6.20 Å². The number of benzene rings is 1. The van der Waals surface area contributed by atoms with Crippen molar-refractivity contribution in [3.05, 3.63) is 47.0 Å². The highest BCUT2D eigenvalue weighted by molar-refractivity contribution is 5.93. The van der Waals surface area contributed by atoms with E-state index in [0.717, 1.165) is 36.9 Å². The lowest BCUT2D eigenvalue weighted by Gasteiger charge is -2.24. The lowest BCUT2D eigenvalue weighted by Crippen LogP contribution is -2.41. The van der Waals surface area contributed by atoms with Crippen molar-refractivity contribution in [1.29, 1.82) is 0 Å². The molecule has 7 heteroatoms. The van der Waals surface area contributed by atoms with Gasteiger partial charge in [0, 0.05) is 23.3 Å². The third-order valence-electron chi connectivity index (χ3n) is 4.65. The summed E-state index contributed by atoms with van der Waals surface area (Å²) >= 11 is 0. The largest absolute Gasteiger partial charge is 0.384 e. The van der Waals surface area contributed by atoms with Crippen LogP contribution in [0.2, 0.25) is 0 Å². The Morgan fingerprint density at radius 3 is 2.92 bits per heavy atom. The minimum absolute atomic E-state index is 0.234. The average molecular weight is 355 g/mol. The number of aromatic nitrogens is 2. The molecule has 1 aromatic heterocycles. The van der Waals surface area contributed by atoms with Gasteiger partial charge in [-0.1, -0.05) is 25.1 Å². The fourth-order valence-corrected chi connectivity index (χ4v) is 3.24. The van der Waals surface area contributed by atoms with E-state index < -0.39 is 6.04 Å². The standard InChI is InChI=1S/C19H25N5O2/c1-13-8-9-16(18(25)23-13)24-19(26)17-14(12-22-24)6-5-7-15(17)21-11-4-2-3-10-20/h5-7,12,16,21H,1-4,8-11,20H2,(H,23,25). The number of nitrogens with one attached hydrogen (secondary N) is 2. The maximum atomic E-state index is 13.1. The molecule has 2 heterocycles. The summed E-state index contributed by atoms with van der Waals surface area (Å²) in [4.78, 5) is 25.3. The van der Waals surface area contributed by atoms with Crippen molar-refractivity contribution in [3.63, 3.8) is 0 Å². The summed E-state index contributed by atoms with van der Waals surface area (Å²) in [5.41, 5.74) is 6.72. The number of carbonyl (C=O) groups excluding carboxylic acids is 1. The van der Waals surface area contributed by atoms with Crippen molar-refractivity contribution in [3.8, 4) is 0 Å². The van der Waals surface area contributed by atoms with Crippen LogP contribution in [-0.4, -0.2) is 28.8 Å². The monoisotopic (exact) mass is 355 g/mol. The van der Waals surface area contributed by atoms with Crippen LogP contribution in [0.1, 0.15) is 38.1 Å². The number of rotatable bonds is 7. The van der Waals surface area contributed by atoms with Crippen molar-refractivity contribution < 1.29 is 4.79 Å². The van der Waals surface area contributed by atoms with Crippen molar-refractivity contribution in [2.24, 2.45) is 5.73 Å². The summed E-state index contributed by atoms with van der Waals surface area (Å²) < 4.78 is 1.30. The first kappa shape index (κ1) is 18.1. The minimum Gasteiger partial charge on any atom is -0.384 e. The van der Waals surface area contributed by atoms with E-state index in [9.17, 15) is 9.59 Å². The summed E-state index contributed by atoms with van der Waals surface area (Å²) in [5.74, 6) is -0.234. The third kappa shape index (κ3) is 3.77. The fraction of sp³-hybridized carbons (Fsp3) is 0.421. The lowest BCUT2D eigenvalue weighted by atomic mass is 10.0. The third-order valence-corrected chi connectivity index (χ3v) is 4.65. The van der Waals surface area contributed by atoms with Gasteiger partial charge in [-0.15, -0.1) is 0 Å².